The number of aromatic nitrogens is 3. The van der Waals surface area contributed by atoms with Crippen molar-refractivity contribution in [3.05, 3.63) is 71.3 Å². The number of nitrogens with zero attached hydrogens (tertiary/aromatic N) is 3. The summed E-state index contributed by atoms with van der Waals surface area (Å²) in [7, 11) is 0. The lowest BCUT2D eigenvalue weighted by molar-refractivity contribution is -0.113. The zero-order valence-electron chi connectivity index (χ0n) is 17.2. The Bertz CT molecular complexity index is 1280. The minimum Gasteiger partial charge on any atom is -0.453 e. The van der Waals surface area contributed by atoms with Gasteiger partial charge in [0, 0.05) is 22.6 Å². The van der Waals surface area contributed by atoms with Crippen LogP contribution in [0.15, 0.2) is 64.7 Å². The summed E-state index contributed by atoms with van der Waals surface area (Å²) in [6.07, 6.45) is 1.76. The van der Waals surface area contributed by atoms with Crippen molar-refractivity contribution in [3.8, 4) is 11.6 Å². The third-order valence-corrected chi connectivity index (χ3v) is 5.92. The molecule has 31 heavy (non-hydrogen) atoms. The highest BCUT2D eigenvalue weighted by molar-refractivity contribution is 7.99. The second-order valence-corrected chi connectivity index (χ2v) is 8.53. The molecule has 0 aliphatic rings. The topological polar surface area (TPSA) is 73.0 Å². The number of fused-ring (bicyclic) bond motifs is 1. The highest BCUT2D eigenvalue weighted by atomic mass is 35.5. The lowest BCUT2D eigenvalue weighted by Crippen LogP contribution is -2.15. The van der Waals surface area contributed by atoms with E-state index in [4.69, 9.17) is 16.0 Å². The summed E-state index contributed by atoms with van der Waals surface area (Å²) >= 11 is 7.39. The first kappa shape index (κ1) is 21.2. The Morgan fingerprint density at radius 2 is 2.06 bits per heavy atom. The Labute approximate surface area is 189 Å². The molecular formula is C23H21ClN4O2S. The SMILES string of the molecule is C=CCn1c(SCC(=O)Nc2ccc(C)cc2C)nnc1-c1cc2cc(Cl)ccc2o1. The van der Waals surface area contributed by atoms with Gasteiger partial charge in [0.05, 0.1) is 5.75 Å². The van der Waals surface area contributed by atoms with Crippen molar-refractivity contribution in [1.82, 2.24) is 14.8 Å². The maximum atomic E-state index is 12.5. The van der Waals surface area contributed by atoms with Crippen molar-refractivity contribution in [2.24, 2.45) is 0 Å². The van der Waals surface area contributed by atoms with Gasteiger partial charge in [-0.25, -0.2) is 0 Å². The Balaban J connectivity index is 1.52. The molecule has 0 atom stereocenters. The number of hydrogen-bond acceptors (Lipinski definition) is 5. The van der Waals surface area contributed by atoms with E-state index in [9.17, 15) is 4.79 Å². The molecule has 2 heterocycles. The van der Waals surface area contributed by atoms with Crippen LogP contribution in [0.1, 0.15) is 11.1 Å². The van der Waals surface area contributed by atoms with Crippen LogP contribution < -0.4 is 5.32 Å². The van der Waals surface area contributed by atoms with Gasteiger partial charge in [0.2, 0.25) is 11.7 Å². The van der Waals surface area contributed by atoms with E-state index in [-0.39, 0.29) is 11.7 Å². The summed E-state index contributed by atoms with van der Waals surface area (Å²) in [6, 6.07) is 13.2. The molecule has 4 rings (SSSR count). The van der Waals surface area contributed by atoms with E-state index in [0.717, 1.165) is 27.8 Å². The molecule has 158 valence electrons. The van der Waals surface area contributed by atoms with E-state index >= 15 is 0 Å². The molecule has 1 N–H and O–H groups in total. The van der Waals surface area contributed by atoms with Crippen LogP contribution in [0.2, 0.25) is 5.02 Å². The second kappa shape index (κ2) is 8.99. The number of carbonyl (C=O) groups excluding carboxylic acids is 1. The summed E-state index contributed by atoms with van der Waals surface area (Å²) in [4.78, 5) is 12.5. The number of rotatable bonds is 7. The fourth-order valence-corrected chi connectivity index (χ4v) is 4.19. The number of carbonyl (C=O) groups is 1. The number of benzene rings is 2. The van der Waals surface area contributed by atoms with Gasteiger partial charge < -0.3 is 9.73 Å². The maximum Gasteiger partial charge on any atom is 0.234 e. The molecule has 2 aromatic carbocycles. The molecule has 0 spiro atoms. The molecule has 8 heteroatoms. The highest BCUT2D eigenvalue weighted by Crippen LogP contribution is 2.31. The third-order valence-electron chi connectivity index (χ3n) is 4.72. The summed E-state index contributed by atoms with van der Waals surface area (Å²) in [5.41, 5.74) is 3.71. The molecular weight excluding hydrogens is 432 g/mol. The fraction of sp³-hybridized carbons (Fsp3) is 0.174. The minimum atomic E-state index is -0.106. The van der Waals surface area contributed by atoms with E-state index in [1.165, 1.54) is 11.8 Å². The van der Waals surface area contributed by atoms with Crippen molar-refractivity contribution in [1.29, 1.82) is 0 Å². The molecule has 0 aliphatic heterocycles. The molecule has 6 nitrogen and oxygen atoms in total. The Hall–Kier alpha value is -3.03. The summed E-state index contributed by atoms with van der Waals surface area (Å²) < 4.78 is 7.81. The maximum absolute atomic E-state index is 12.5. The van der Waals surface area contributed by atoms with E-state index < -0.39 is 0 Å². The van der Waals surface area contributed by atoms with Crippen molar-refractivity contribution in [2.75, 3.05) is 11.1 Å². The van der Waals surface area contributed by atoms with Gasteiger partial charge in [0.25, 0.3) is 0 Å². The predicted molar refractivity (Wildman–Crippen MR) is 126 cm³/mol. The summed E-state index contributed by atoms with van der Waals surface area (Å²) in [5, 5.41) is 13.7. The van der Waals surface area contributed by atoms with Crippen LogP contribution in [0.25, 0.3) is 22.6 Å². The Morgan fingerprint density at radius 1 is 1.23 bits per heavy atom. The van der Waals surface area contributed by atoms with Crippen LogP contribution >= 0.6 is 23.4 Å². The summed E-state index contributed by atoms with van der Waals surface area (Å²) in [5.74, 6) is 1.26. The predicted octanol–water partition coefficient (Wildman–Crippen LogP) is 5.88. The fourth-order valence-electron chi connectivity index (χ4n) is 3.27. The van der Waals surface area contributed by atoms with E-state index in [0.29, 0.717) is 28.3 Å². The zero-order valence-corrected chi connectivity index (χ0v) is 18.8. The molecule has 0 bridgehead atoms. The standard InChI is InChI=1S/C23H21ClN4O2S/c1-4-9-28-22(20-12-16-11-17(24)6-8-19(16)30-20)26-27-23(28)31-13-21(29)25-18-7-5-14(2)10-15(18)3/h4-8,10-12H,1,9,13H2,2-3H3,(H,25,29). The molecule has 0 radical (unpaired) electrons. The molecule has 0 saturated carbocycles. The monoisotopic (exact) mass is 452 g/mol. The number of halogens is 1. The first-order valence-corrected chi connectivity index (χ1v) is 11.0. The summed E-state index contributed by atoms with van der Waals surface area (Å²) in [6.45, 7) is 8.31. The van der Waals surface area contributed by atoms with Crippen molar-refractivity contribution in [3.63, 3.8) is 0 Å². The third kappa shape index (κ3) is 4.68. The Kier molecular flexibility index (Phi) is 6.15. The molecule has 1 amide bonds. The van der Waals surface area contributed by atoms with Crippen LogP contribution in [0.4, 0.5) is 5.69 Å². The smallest absolute Gasteiger partial charge is 0.234 e. The van der Waals surface area contributed by atoms with Crippen LogP contribution in [0.5, 0.6) is 0 Å². The minimum absolute atomic E-state index is 0.106. The van der Waals surface area contributed by atoms with Gasteiger partial charge in [-0.15, -0.1) is 16.8 Å². The lowest BCUT2D eigenvalue weighted by atomic mass is 10.1. The number of nitrogens with one attached hydrogen (secondary N) is 1. The van der Waals surface area contributed by atoms with E-state index in [1.807, 2.05) is 54.8 Å². The largest absolute Gasteiger partial charge is 0.453 e. The first-order valence-electron chi connectivity index (χ1n) is 9.68. The van der Waals surface area contributed by atoms with Crippen LogP contribution in [0.3, 0.4) is 0 Å². The second-order valence-electron chi connectivity index (χ2n) is 7.15. The number of amides is 1. The normalized spacial score (nSPS) is 11.1. The molecule has 0 aliphatic carbocycles. The molecule has 4 aromatic rings. The van der Waals surface area contributed by atoms with Crippen LogP contribution in [-0.4, -0.2) is 26.4 Å². The number of thioether (sulfide) groups is 1. The first-order chi connectivity index (χ1) is 14.9. The lowest BCUT2D eigenvalue weighted by Gasteiger charge is -2.09. The average Bonchev–Trinajstić information content (AvgIpc) is 3.32. The number of allylic oxidation sites excluding steroid dienone is 1. The molecule has 0 unspecified atom stereocenters. The van der Waals surface area contributed by atoms with Gasteiger partial charge >= 0.3 is 0 Å². The van der Waals surface area contributed by atoms with E-state index in [1.54, 1.807) is 12.1 Å². The number of aryl methyl sites for hydroxylation is 2. The van der Waals surface area contributed by atoms with Crippen LogP contribution in [0, 0.1) is 13.8 Å². The van der Waals surface area contributed by atoms with Gasteiger partial charge in [0.1, 0.15) is 5.58 Å². The highest BCUT2D eigenvalue weighted by Gasteiger charge is 2.18. The zero-order chi connectivity index (χ0) is 22.0. The van der Waals surface area contributed by atoms with Gasteiger partial charge in [-0.2, -0.15) is 0 Å². The van der Waals surface area contributed by atoms with Crippen molar-refractivity contribution >= 4 is 45.9 Å². The Morgan fingerprint density at radius 3 is 2.84 bits per heavy atom. The molecule has 0 saturated heterocycles. The number of furan rings is 1. The quantitative estimate of drug-likeness (QED) is 0.280. The number of hydrogen-bond donors (Lipinski definition) is 1. The molecule has 2 aromatic heterocycles. The van der Waals surface area contributed by atoms with Crippen molar-refractivity contribution < 1.29 is 9.21 Å². The van der Waals surface area contributed by atoms with Gasteiger partial charge in [-0.05, 0) is 49.7 Å². The van der Waals surface area contributed by atoms with Gasteiger partial charge in [-0.3, -0.25) is 9.36 Å². The van der Waals surface area contributed by atoms with Crippen molar-refractivity contribution in [2.45, 2.75) is 25.5 Å². The van der Waals surface area contributed by atoms with Gasteiger partial charge in [-0.1, -0.05) is 47.1 Å². The molecule has 0 fully saturated rings. The van der Waals surface area contributed by atoms with E-state index in [2.05, 4.69) is 22.1 Å². The van der Waals surface area contributed by atoms with Gasteiger partial charge in [0.15, 0.2) is 10.9 Å². The average molecular weight is 453 g/mol. The number of anilines is 1. The van der Waals surface area contributed by atoms with Crippen LogP contribution in [-0.2, 0) is 11.3 Å².